The number of hydrogen-bond acceptors (Lipinski definition) is 2. The molecule has 1 heterocycles. The lowest BCUT2D eigenvalue weighted by Crippen LogP contribution is -1.91. The van der Waals surface area contributed by atoms with Crippen molar-refractivity contribution in [1.82, 2.24) is 0 Å². The summed E-state index contributed by atoms with van der Waals surface area (Å²) in [5, 5.41) is 1.02. The lowest BCUT2D eigenvalue weighted by Gasteiger charge is -2.09. The Bertz CT molecular complexity index is 977. The second kappa shape index (κ2) is 6.67. The highest BCUT2D eigenvalue weighted by Crippen LogP contribution is 2.40. The van der Waals surface area contributed by atoms with Gasteiger partial charge >= 0.3 is 0 Å². The number of furan rings is 1. The summed E-state index contributed by atoms with van der Waals surface area (Å²) in [5.74, 6) is 0.725. The fourth-order valence-corrected chi connectivity index (χ4v) is 3.16. The minimum Gasteiger partial charge on any atom is -0.455 e. The van der Waals surface area contributed by atoms with Gasteiger partial charge in [0.25, 0.3) is 0 Å². The molecule has 1 aromatic heterocycles. The maximum atomic E-state index is 13.7. The van der Waals surface area contributed by atoms with Gasteiger partial charge in [-0.15, -0.1) is 0 Å². The highest BCUT2D eigenvalue weighted by molar-refractivity contribution is 5.99. The Hall–Kier alpha value is -2.68. The van der Waals surface area contributed by atoms with Gasteiger partial charge in [-0.05, 0) is 66.8 Å². The van der Waals surface area contributed by atoms with Crippen molar-refractivity contribution in [2.45, 2.75) is 33.6 Å². The topological polar surface area (TPSA) is 30.2 Å². The number of carbonyl (C=O) groups is 1. The van der Waals surface area contributed by atoms with E-state index in [1.54, 1.807) is 25.1 Å². The van der Waals surface area contributed by atoms with Crippen molar-refractivity contribution in [3.8, 4) is 11.3 Å². The van der Waals surface area contributed by atoms with E-state index in [0.717, 1.165) is 33.9 Å². The molecule has 0 fully saturated rings. The molecule has 0 spiro atoms. The van der Waals surface area contributed by atoms with E-state index >= 15 is 0 Å². The first-order valence-electron chi connectivity index (χ1n) is 8.38. The van der Waals surface area contributed by atoms with Crippen molar-refractivity contribution in [2.75, 3.05) is 0 Å². The molecule has 0 saturated heterocycles. The Kier molecular flexibility index (Phi) is 4.58. The largest absolute Gasteiger partial charge is 0.455 e. The summed E-state index contributed by atoms with van der Waals surface area (Å²) in [6, 6.07) is 9.09. The normalized spacial score (nSPS) is 11.8. The second-order valence-electron chi connectivity index (χ2n) is 6.63. The molecule has 0 radical (unpaired) electrons. The molecule has 3 rings (SSSR count). The highest BCUT2D eigenvalue weighted by atomic mass is 19.1. The molecule has 0 unspecified atom stereocenters. The van der Waals surface area contributed by atoms with E-state index in [-0.39, 0.29) is 5.82 Å². The van der Waals surface area contributed by atoms with Crippen LogP contribution in [0, 0.1) is 19.7 Å². The third kappa shape index (κ3) is 3.02. The molecule has 2 aromatic carbocycles. The predicted molar refractivity (Wildman–Crippen MR) is 100 cm³/mol. The van der Waals surface area contributed by atoms with Gasteiger partial charge in [0.1, 0.15) is 23.4 Å². The van der Waals surface area contributed by atoms with Crippen molar-refractivity contribution in [3.63, 3.8) is 0 Å². The zero-order valence-electron chi connectivity index (χ0n) is 14.9. The van der Waals surface area contributed by atoms with Crippen molar-refractivity contribution in [1.29, 1.82) is 0 Å². The number of hydrogen-bond donors (Lipinski definition) is 0. The van der Waals surface area contributed by atoms with Crippen LogP contribution in [0.15, 0.2) is 40.8 Å². The van der Waals surface area contributed by atoms with Gasteiger partial charge in [-0.25, -0.2) is 4.39 Å². The van der Waals surface area contributed by atoms with Gasteiger partial charge in [-0.1, -0.05) is 26.0 Å². The first-order valence-corrected chi connectivity index (χ1v) is 8.38. The van der Waals surface area contributed by atoms with Crippen LogP contribution in [0.25, 0.3) is 28.4 Å². The van der Waals surface area contributed by atoms with Gasteiger partial charge < -0.3 is 4.42 Å². The highest BCUT2D eigenvalue weighted by Gasteiger charge is 2.20. The van der Waals surface area contributed by atoms with E-state index < -0.39 is 0 Å². The van der Waals surface area contributed by atoms with E-state index in [9.17, 15) is 9.18 Å². The minimum absolute atomic E-state index is 0.246. The molecule has 0 saturated carbocycles. The molecule has 0 atom stereocenters. The molecular weight excluding hydrogens is 315 g/mol. The van der Waals surface area contributed by atoms with Crippen molar-refractivity contribution in [3.05, 3.63) is 64.5 Å². The molecule has 3 aromatic rings. The molecule has 0 aliphatic carbocycles. The molecule has 0 aliphatic heterocycles. The molecule has 0 N–H and O–H groups in total. The first-order chi connectivity index (χ1) is 11.9. The number of aldehydes is 1. The Morgan fingerprint density at radius 3 is 2.48 bits per heavy atom. The fraction of sp³-hybridized carbons (Fsp3) is 0.227. The van der Waals surface area contributed by atoms with E-state index in [1.165, 1.54) is 17.7 Å². The van der Waals surface area contributed by atoms with Crippen LogP contribution in [0.1, 0.15) is 42.0 Å². The molecule has 128 valence electrons. The number of aryl methyl sites for hydroxylation is 2. The van der Waals surface area contributed by atoms with Gasteiger partial charge in [-0.3, -0.25) is 4.79 Å². The third-order valence-corrected chi connectivity index (χ3v) is 4.49. The molecule has 0 amide bonds. The standard InChI is InChI=1S/C22H21FO2/c1-13(2)17-9-7-14(3)21-20(17)18(6-5-11-24)22(25-21)16-8-10-19(23)15(4)12-16/h5-13H,1-4H3/b6-5+. The SMILES string of the molecule is Cc1cc(-c2oc3c(C)ccc(C(C)C)c3c2/C=C/C=O)ccc1F. The Morgan fingerprint density at radius 1 is 1.08 bits per heavy atom. The van der Waals surface area contributed by atoms with E-state index in [2.05, 4.69) is 19.9 Å². The molecular formula is C22H21FO2. The van der Waals surface area contributed by atoms with Crippen molar-refractivity contribution in [2.24, 2.45) is 0 Å². The van der Waals surface area contributed by atoms with E-state index in [1.807, 2.05) is 13.0 Å². The minimum atomic E-state index is -0.246. The lowest BCUT2D eigenvalue weighted by atomic mass is 9.93. The second-order valence-corrected chi connectivity index (χ2v) is 6.63. The molecule has 2 nitrogen and oxygen atoms in total. The van der Waals surface area contributed by atoms with Crippen LogP contribution in [0.2, 0.25) is 0 Å². The van der Waals surface area contributed by atoms with Crippen LogP contribution < -0.4 is 0 Å². The van der Waals surface area contributed by atoms with Crippen LogP contribution in [-0.2, 0) is 4.79 Å². The summed E-state index contributed by atoms with van der Waals surface area (Å²) in [4.78, 5) is 10.9. The molecule has 25 heavy (non-hydrogen) atoms. The third-order valence-electron chi connectivity index (χ3n) is 4.49. The quantitative estimate of drug-likeness (QED) is 0.420. The van der Waals surface area contributed by atoms with E-state index in [0.29, 0.717) is 17.2 Å². The molecule has 3 heteroatoms. The predicted octanol–water partition coefficient (Wildman–Crippen LogP) is 6.19. The maximum Gasteiger partial charge on any atom is 0.142 e. The molecule has 0 aliphatic rings. The lowest BCUT2D eigenvalue weighted by molar-refractivity contribution is -0.104. The monoisotopic (exact) mass is 336 g/mol. The van der Waals surface area contributed by atoms with Gasteiger partial charge in [0.15, 0.2) is 0 Å². The smallest absolute Gasteiger partial charge is 0.142 e. The number of halogens is 1. The number of carbonyl (C=O) groups excluding carboxylic acids is 1. The van der Waals surface area contributed by atoms with Gasteiger partial charge in [-0.2, -0.15) is 0 Å². The fourth-order valence-electron chi connectivity index (χ4n) is 3.16. The zero-order chi connectivity index (χ0) is 18.1. The van der Waals surface area contributed by atoms with Crippen LogP contribution in [0.3, 0.4) is 0 Å². The average Bonchev–Trinajstić information content (AvgIpc) is 2.96. The van der Waals surface area contributed by atoms with E-state index in [4.69, 9.17) is 4.42 Å². The van der Waals surface area contributed by atoms with Gasteiger partial charge in [0, 0.05) is 16.5 Å². The number of fused-ring (bicyclic) bond motifs is 1. The summed E-state index contributed by atoms with van der Waals surface area (Å²) < 4.78 is 19.9. The Balaban J connectivity index is 2.40. The maximum absolute atomic E-state index is 13.7. The van der Waals surface area contributed by atoms with Crippen LogP contribution in [-0.4, -0.2) is 6.29 Å². The average molecular weight is 336 g/mol. The van der Waals surface area contributed by atoms with Gasteiger partial charge in [0.05, 0.1) is 0 Å². The van der Waals surface area contributed by atoms with Crippen LogP contribution in [0.4, 0.5) is 4.39 Å². The zero-order valence-corrected chi connectivity index (χ0v) is 14.9. The summed E-state index contributed by atoms with van der Waals surface area (Å²) in [6.07, 6.45) is 4.00. The summed E-state index contributed by atoms with van der Waals surface area (Å²) in [7, 11) is 0. The van der Waals surface area contributed by atoms with Crippen molar-refractivity contribution < 1.29 is 13.6 Å². The van der Waals surface area contributed by atoms with Crippen LogP contribution in [0.5, 0.6) is 0 Å². The Morgan fingerprint density at radius 2 is 1.84 bits per heavy atom. The van der Waals surface area contributed by atoms with Crippen LogP contribution >= 0.6 is 0 Å². The van der Waals surface area contributed by atoms with Gasteiger partial charge in [0.2, 0.25) is 0 Å². The Labute approximate surface area is 147 Å². The summed E-state index contributed by atoms with van der Waals surface area (Å²) in [6.45, 7) is 7.99. The van der Waals surface area contributed by atoms with Crippen molar-refractivity contribution >= 4 is 23.3 Å². The summed E-state index contributed by atoms with van der Waals surface area (Å²) >= 11 is 0. The number of benzene rings is 2. The number of allylic oxidation sites excluding steroid dienone is 1. The number of rotatable bonds is 4. The summed E-state index contributed by atoms with van der Waals surface area (Å²) in [5.41, 5.74) is 5.23. The molecule has 0 bridgehead atoms. The first kappa shape index (κ1) is 17.2.